The molecule has 100 valence electrons. The predicted molar refractivity (Wildman–Crippen MR) is 68.1 cm³/mol. The van der Waals surface area contributed by atoms with Crippen molar-refractivity contribution in [2.24, 2.45) is 0 Å². The van der Waals surface area contributed by atoms with Crippen LogP contribution < -0.4 is 10.6 Å². The second-order valence-corrected chi connectivity index (χ2v) is 3.67. The molecule has 8 heteroatoms. The summed E-state index contributed by atoms with van der Waals surface area (Å²) in [6.45, 7) is 0.941. The lowest BCUT2D eigenvalue weighted by Gasteiger charge is -2.07. The van der Waals surface area contributed by atoms with Crippen molar-refractivity contribution >= 4 is 11.7 Å². The van der Waals surface area contributed by atoms with Gasteiger partial charge in [0.1, 0.15) is 6.33 Å². The Morgan fingerprint density at radius 1 is 1.37 bits per heavy atom. The molecule has 0 spiro atoms. The molecule has 0 unspecified atom stereocenters. The first-order valence-electron chi connectivity index (χ1n) is 5.67. The van der Waals surface area contributed by atoms with E-state index >= 15 is 0 Å². The Morgan fingerprint density at radius 3 is 2.79 bits per heavy atom. The van der Waals surface area contributed by atoms with Crippen LogP contribution in [0.2, 0.25) is 0 Å². The van der Waals surface area contributed by atoms with E-state index in [1.165, 1.54) is 11.0 Å². The Hall–Kier alpha value is -2.48. The smallest absolute Gasteiger partial charge is 0.319 e. The first kappa shape index (κ1) is 13.0. The largest absolute Gasteiger partial charge is 0.383 e. The molecule has 0 aliphatic carbocycles. The maximum atomic E-state index is 11.5. The monoisotopic (exact) mass is 262 g/mol. The first-order chi connectivity index (χ1) is 9.29. The van der Waals surface area contributed by atoms with E-state index in [1.54, 1.807) is 31.4 Å². The van der Waals surface area contributed by atoms with Crippen molar-refractivity contribution in [3.05, 3.63) is 30.6 Å². The van der Waals surface area contributed by atoms with Crippen molar-refractivity contribution in [3.63, 3.8) is 0 Å². The molecule has 0 aliphatic heterocycles. The SMILES string of the molecule is COCCNC(=O)Nc1ccc(-n2cnnn2)cc1. The zero-order valence-electron chi connectivity index (χ0n) is 10.4. The summed E-state index contributed by atoms with van der Waals surface area (Å²) in [4.78, 5) is 11.5. The van der Waals surface area contributed by atoms with Crippen LogP contribution in [-0.2, 0) is 4.74 Å². The van der Waals surface area contributed by atoms with Gasteiger partial charge in [-0.1, -0.05) is 0 Å². The molecule has 0 aliphatic rings. The number of aromatic nitrogens is 4. The van der Waals surface area contributed by atoms with Crippen LogP contribution in [0.5, 0.6) is 0 Å². The van der Waals surface area contributed by atoms with Gasteiger partial charge in [-0.15, -0.1) is 5.10 Å². The molecule has 1 heterocycles. The molecule has 0 saturated heterocycles. The van der Waals surface area contributed by atoms with Crippen LogP contribution in [0.4, 0.5) is 10.5 Å². The number of benzene rings is 1. The highest BCUT2D eigenvalue weighted by atomic mass is 16.5. The highest BCUT2D eigenvalue weighted by Gasteiger charge is 2.02. The summed E-state index contributed by atoms with van der Waals surface area (Å²) in [5.41, 5.74) is 1.50. The lowest BCUT2D eigenvalue weighted by atomic mass is 10.3. The molecule has 0 atom stereocenters. The first-order valence-corrected chi connectivity index (χ1v) is 5.67. The lowest BCUT2D eigenvalue weighted by molar-refractivity contribution is 0.198. The molecular formula is C11H14N6O2. The van der Waals surface area contributed by atoms with Gasteiger partial charge in [-0.25, -0.2) is 9.48 Å². The van der Waals surface area contributed by atoms with Crippen LogP contribution in [0.3, 0.4) is 0 Å². The normalized spacial score (nSPS) is 10.2. The standard InChI is InChI=1S/C11H14N6O2/c1-19-7-6-12-11(18)14-9-2-4-10(5-3-9)17-8-13-15-16-17/h2-5,8H,6-7H2,1H3,(H2,12,14,18). The molecule has 0 fully saturated rings. The molecule has 2 N–H and O–H groups in total. The van der Waals surface area contributed by atoms with Crippen molar-refractivity contribution < 1.29 is 9.53 Å². The summed E-state index contributed by atoms with van der Waals surface area (Å²) in [5.74, 6) is 0. The van der Waals surface area contributed by atoms with Gasteiger partial charge in [0.05, 0.1) is 12.3 Å². The van der Waals surface area contributed by atoms with Crippen LogP contribution >= 0.6 is 0 Å². The number of amides is 2. The Balaban J connectivity index is 1.90. The number of nitrogens with zero attached hydrogens (tertiary/aromatic N) is 4. The van der Waals surface area contributed by atoms with Gasteiger partial charge in [0.15, 0.2) is 0 Å². The van der Waals surface area contributed by atoms with E-state index < -0.39 is 0 Å². The zero-order valence-corrected chi connectivity index (χ0v) is 10.4. The topological polar surface area (TPSA) is 94.0 Å². The average Bonchev–Trinajstić information content (AvgIpc) is 2.94. The number of rotatable bonds is 5. The van der Waals surface area contributed by atoms with E-state index in [0.717, 1.165) is 5.69 Å². The second kappa shape index (κ2) is 6.45. The third-order valence-corrected chi connectivity index (χ3v) is 2.33. The minimum absolute atomic E-state index is 0.271. The van der Waals surface area contributed by atoms with Crippen LogP contribution in [-0.4, -0.2) is 46.5 Å². The van der Waals surface area contributed by atoms with Gasteiger partial charge in [-0.05, 0) is 34.7 Å². The van der Waals surface area contributed by atoms with Gasteiger partial charge in [-0.3, -0.25) is 0 Å². The molecular weight excluding hydrogens is 248 g/mol. The number of carbonyl (C=O) groups is 1. The van der Waals surface area contributed by atoms with Crippen LogP contribution in [0.1, 0.15) is 0 Å². The molecule has 19 heavy (non-hydrogen) atoms. The summed E-state index contributed by atoms with van der Waals surface area (Å²) in [5, 5.41) is 16.2. The molecule has 2 aromatic rings. The molecule has 8 nitrogen and oxygen atoms in total. The van der Waals surface area contributed by atoms with E-state index in [-0.39, 0.29) is 6.03 Å². The number of hydrogen-bond acceptors (Lipinski definition) is 5. The summed E-state index contributed by atoms with van der Waals surface area (Å²) in [6, 6.07) is 6.88. The third-order valence-electron chi connectivity index (χ3n) is 2.33. The maximum Gasteiger partial charge on any atom is 0.319 e. The van der Waals surface area contributed by atoms with Gasteiger partial charge in [0.25, 0.3) is 0 Å². The Kier molecular flexibility index (Phi) is 4.40. The van der Waals surface area contributed by atoms with Crippen LogP contribution in [0.15, 0.2) is 30.6 Å². The van der Waals surface area contributed by atoms with Gasteiger partial charge in [-0.2, -0.15) is 0 Å². The van der Waals surface area contributed by atoms with Crippen molar-refractivity contribution in [3.8, 4) is 5.69 Å². The fourth-order valence-corrected chi connectivity index (χ4v) is 1.42. The summed E-state index contributed by atoms with van der Waals surface area (Å²) in [6.07, 6.45) is 1.50. The molecule has 1 aromatic heterocycles. The van der Waals surface area contributed by atoms with E-state index in [1.807, 2.05) is 0 Å². The van der Waals surface area contributed by atoms with Crippen molar-refractivity contribution in [2.75, 3.05) is 25.6 Å². The molecule has 0 radical (unpaired) electrons. The van der Waals surface area contributed by atoms with Crippen LogP contribution in [0, 0.1) is 0 Å². The number of carbonyl (C=O) groups excluding carboxylic acids is 1. The number of nitrogens with one attached hydrogen (secondary N) is 2. The van der Waals surface area contributed by atoms with Crippen LogP contribution in [0.25, 0.3) is 5.69 Å². The average molecular weight is 262 g/mol. The Labute approximate surface area is 109 Å². The van der Waals surface area contributed by atoms with Crippen molar-refractivity contribution in [2.45, 2.75) is 0 Å². The molecule has 2 rings (SSSR count). The summed E-state index contributed by atoms with van der Waals surface area (Å²) >= 11 is 0. The van der Waals surface area contributed by atoms with E-state index in [9.17, 15) is 4.79 Å². The van der Waals surface area contributed by atoms with Gasteiger partial charge >= 0.3 is 6.03 Å². The minimum atomic E-state index is -0.271. The number of methoxy groups -OCH3 is 1. The summed E-state index contributed by atoms with van der Waals surface area (Å²) in [7, 11) is 1.58. The van der Waals surface area contributed by atoms with Gasteiger partial charge < -0.3 is 15.4 Å². The number of urea groups is 1. The minimum Gasteiger partial charge on any atom is -0.383 e. The fraction of sp³-hybridized carbons (Fsp3) is 0.273. The number of anilines is 1. The maximum absolute atomic E-state index is 11.5. The summed E-state index contributed by atoms with van der Waals surface area (Å²) < 4.78 is 6.37. The predicted octanol–water partition coefficient (Wildman–Crippen LogP) is 0.430. The second-order valence-electron chi connectivity index (χ2n) is 3.67. The highest BCUT2D eigenvalue weighted by molar-refractivity contribution is 5.89. The molecule has 0 saturated carbocycles. The molecule has 1 aromatic carbocycles. The van der Waals surface area contributed by atoms with Crippen molar-refractivity contribution in [1.82, 2.24) is 25.5 Å². The van der Waals surface area contributed by atoms with Gasteiger partial charge in [0.2, 0.25) is 0 Å². The number of hydrogen-bond donors (Lipinski definition) is 2. The molecule has 2 amide bonds. The quantitative estimate of drug-likeness (QED) is 0.762. The lowest BCUT2D eigenvalue weighted by Crippen LogP contribution is -2.31. The van der Waals surface area contributed by atoms with Gasteiger partial charge in [0, 0.05) is 19.3 Å². The van der Waals surface area contributed by atoms with Crippen molar-refractivity contribution in [1.29, 1.82) is 0 Å². The van der Waals surface area contributed by atoms with E-state index in [0.29, 0.717) is 18.8 Å². The number of tetrazole rings is 1. The van der Waals surface area contributed by atoms with E-state index in [4.69, 9.17) is 4.74 Å². The highest BCUT2D eigenvalue weighted by Crippen LogP contribution is 2.11. The zero-order chi connectivity index (χ0) is 13.5. The fourth-order valence-electron chi connectivity index (χ4n) is 1.42. The Morgan fingerprint density at radius 2 is 2.16 bits per heavy atom. The molecule has 0 bridgehead atoms. The third kappa shape index (κ3) is 3.75. The van der Waals surface area contributed by atoms with E-state index in [2.05, 4.69) is 26.2 Å². The Bertz CT molecular complexity index is 510. The number of ether oxygens (including phenoxy) is 1.